The molecule has 2 aromatic rings. The van der Waals surface area contributed by atoms with Crippen molar-refractivity contribution in [3.05, 3.63) is 52.9 Å². The molecule has 0 saturated carbocycles. The van der Waals surface area contributed by atoms with E-state index in [4.69, 9.17) is 4.52 Å². The summed E-state index contributed by atoms with van der Waals surface area (Å²) in [6, 6.07) is 8.46. The maximum absolute atomic E-state index is 12.3. The van der Waals surface area contributed by atoms with Gasteiger partial charge in [0.2, 0.25) is 0 Å². The summed E-state index contributed by atoms with van der Waals surface area (Å²) in [7, 11) is 0. The highest BCUT2D eigenvalue weighted by Gasteiger charge is 2.38. The monoisotopic (exact) mass is 240 g/mol. The number of hydrogen-bond donors (Lipinski definition) is 0. The van der Waals surface area contributed by atoms with Crippen LogP contribution < -0.4 is 0 Å². The molecule has 0 N–H and O–H groups in total. The zero-order chi connectivity index (χ0) is 12.1. The van der Waals surface area contributed by atoms with E-state index in [9.17, 15) is 4.79 Å². The lowest BCUT2D eigenvalue weighted by atomic mass is 9.86. The van der Waals surface area contributed by atoms with Crippen molar-refractivity contribution in [3.63, 3.8) is 0 Å². The van der Waals surface area contributed by atoms with Crippen LogP contribution in [0.1, 0.15) is 33.3 Å². The van der Waals surface area contributed by atoms with Crippen molar-refractivity contribution in [1.82, 2.24) is 10.1 Å². The number of carbonyl (C=O) groups excluding carboxylic acids is 1. The van der Waals surface area contributed by atoms with Gasteiger partial charge in [0.15, 0.2) is 5.76 Å². The van der Waals surface area contributed by atoms with Crippen molar-refractivity contribution in [2.24, 2.45) is 0 Å². The highest BCUT2D eigenvalue weighted by molar-refractivity contribution is 5.96. The van der Waals surface area contributed by atoms with Crippen LogP contribution in [-0.2, 0) is 12.8 Å². The van der Waals surface area contributed by atoms with Gasteiger partial charge in [0.25, 0.3) is 5.91 Å². The summed E-state index contributed by atoms with van der Waals surface area (Å²) in [5.41, 5.74) is 3.22. The second-order valence-electron chi connectivity index (χ2n) is 4.83. The van der Waals surface area contributed by atoms with Gasteiger partial charge in [0.1, 0.15) is 5.56 Å². The van der Waals surface area contributed by atoms with Crippen LogP contribution in [0.5, 0.6) is 0 Å². The van der Waals surface area contributed by atoms with Crippen LogP contribution in [0.15, 0.2) is 35.0 Å². The Hall–Kier alpha value is -2.10. The van der Waals surface area contributed by atoms with Crippen molar-refractivity contribution in [3.8, 4) is 0 Å². The highest BCUT2D eigenvalue weighted by atomic mass is 16.5. The van der Waals surface area contributed by atoms with Gasteiger partial charge in [-0.1, -0.05) is 29.4 Å². The lowest BCUT2D eigenvalue weighted by Crippen LogP contribution is -2.43. The molecule has 0 bridgehead atoms. The quantitative estimate of drug-likeness (QED) is 0.707. The number of hydrogen-bond acceptors (Lipinski definition) is 3. The van der Waals surface area contributed by atoms with Gasteiger partial charge in [-0.3, -0.25) is 4.79 Å². The van der Waals surface area contributed by atoms with E-state index in [1.54, 1.807) is 0 Å². The first-order chi connectivity index (χ1) is 8.84. The van der Waals surface area contributed by atoms with E-state index in [-0.39, 0.29) is 11.9 Å². The topological polar surface area (TPSA) is 46.3 Å². The van der Waals surface area contributed by atoms with Gasteiger partial charge >= 0.3 is 0 Å². The normalized spacial score (nSPS) is 21.2. The van der Waals surface area contributed by atoms with E-state index in [0.717, 1.165) is 25.1 Å². The number of carbonyl (C=O) groups is 1. The summed E-state index contributed by atoms with van der Waals surface area (Å²) < 4.78 is 5.19. The third-order valence-electron chi connectivity index (χ3n) is 3.93. The molecule has 0 fully saturated rings. The number of rotatable bonds is 0. The van der Waals surface area contributed by atoms with Gasteiger partial charge in [-0.2, -0.15) is 0 Å². The van der Waals surface area contributed by atoms with Gasteiger partial charge in [0, 0.05) is 13.0 Å². The molecule has 18 heavy (non-hydrogen) atoms. The fraction of sp³-hybridized carbons (Fsp3) is 0.286. The summed E-state index contributed by atoms with van der Waals surface area (Å²) in [6.07, 6.45) is 3.20. The molecule has 3 heterocycles. The van der Waals surface area contributed by atoms with Gasteiger partial charge < -0.3 is 9.42 Å². The minimum Gasteiger partial charge on any atom is -0.360 e. The Morgan fingerprint density at radius 3 is 3.17 bits per heavy atom. The van der Waals surface area contributed by atoms with Crippen molar-refractivity contribution in [2.75, 3.05) is 6.54 Å². The van der Waals surface area contributed by atoms with Gasteiger partial charge in [-0.15, -0.1) is 0 Å². The molecular formula is C14H12N2O2. The van der Waals surface area contributed by atoms with E-state index in [2.05, 4.69) is 23.4 Å². The summed E-state index contributed by atoms with van der Waals surface area (Å²) in [6.45, 7) is 0.783. The molecule has 2 aliphatic rings. The molecule has 0 spiro atoms. The number of fused-ring (bicyclic) bond motifs is 4. The molecule has 1 aromatic carbocycles. The Labute approximate surface area is 104 Å². The lowest BCUT2D eigenvalue weighted by Gasteiger charge is -2.39. The largest absolute Gasteiger partial charge is 0.360 e. The Kier molecular flexibility index (Phi) is 1.89. The molecule has 4 rings (SSSR count). The predicted molar refractivity (Wildman–Crippen MR) is 64.1 cm³/mol. The van der Waals surface area contributed by atoms with Crippen molar-refractivity contribution >= 4 is 5.91 Å². The molecule has 0 aliphatic carbocycles. The molecule has 1 aromatic heterocycles. The Bertz CT molecular complexity index is 632. The predicted octanol–water partition coefficient (Wildman–Crippen LogP) is 1.97. The number of nitrogens with zero attached hydrogens (tertiary/aromatic N) is 2. The van der Waals surface area contributed by atoms with Crippen molar-refractivity contribution < 1.29 is 9.32 Å². The van der Waals surface area contributed by atoms with Crippen LogP contribution in [0, 0.1) is 0 Å². The second-order valence-corrected chi connectivity index (χ2v) is 4.83. The molecule has 0 saturated heterocycles. The van der Waals surface area contributed by atoms with Crippen LogP contribution in [0.3, 0.4) is 0 Å². The van der Waals surface area contributed by atoms with E-state index < -0.39 is 0 Å². The highest BCUT2D eigenvalue weighted by Crippen LogP contribution is 2.37. The zero-order valence-electron chi connectivity index (χ0n) is 9.80. The van der Waals surface area contributed by atoms with Crippen molar-refractivity contribution in [1.29, 1.82) is 0 Å². The second kappa shape index (κ2) is 3.45. The molecule has 0 radical (unpaired) electrons. The molecular weight excluding hydrogens is 228 g/mol. The third-order valence-corrected chi connectivity index (χ3v) is 3.93. The van der Waals surface area contributed by atoms with Crippen LogP contribution >= 0.6 is 0 Å². The molecule has 90 valence electrons. The van der Waals surface area contributed by atoms with Gasteiger partial charge in [0.05, 0.1) is 12.2 Å². The number of benzene rings is 1. The number of amides is 1. The van der Waals surface area contributed by atoms with Crippen molar-refractivity contribution in [2.45, 2.75) is 18.9 Å². The maximum Gasteiger partial charge on any atom is 0.259 e. The summed E-state index contributed by atoms with van der Waals surface area (Å²) in [5, 5.41) is 3.75. The third kappa shape index (κ3) is 1.20. The maximum atomic E-state index is 12.3. The number of aromatic nitrogens is 1. The first kappa shape index (κ1) is 9.88. The van der Waals surface area contributed by atoms with Crippen LogP contribution in [0.25, 0.3) is 0 Å². The summed E-state index contributed by atoms with van der Waals surface area (Å²) >= 11 is 0. The van der Waals surface area contributed by atoms with Crippen LogP contribution in [-0.4, -0.2) is 22.5 Å². The summed E-state index contributed by atoms with van der Waals surface area (Å²) in [4.78, 5) is 14.3. The fourth-order valence-corrected chi connectivity index (χ4v) is 3.03. The molecule has 4 heteroatoms. The SMILES string of the molecule is O=C1c2cnoc2C[C@@H]2c3ccccc3CCN12. The Balaban J connectivity index is 1.86. The van der Waals surface area contributed by atoms with Gasteiger partial charge in [-0.25, -0.2) is 0 Å². The van der Waals surface area contributed by atoms with E-state index in [0.29, 0.717) is 5.56 Å². The molecule has 4 nitrogen and oxygen atoms in total. The molecule has 2 aliphatic heterocycles. The Morgan fingerprint density at radius 1 is 1.33 bits per heavy atom. The molecule has 1 amide bonds. The minimum atomic E-state index is 0.0528. The first-order valence-electron chi connectivity index (χ1n) is 6.17. The van der Waals surface area contributed by atoms with E-state index >= 15 is 0 Å². The zero-order valence-corrected chi connectivity index (χ0v) is 9.80. The van der Waals surface area contributed by atoms with Gasteiger partial charge in [-0.05, 0) is 17.5 Å². The molecule has 1 atom stereocenters. The standard InChI is InChI=1S/C14H12N2O2/c17-14-11-8-15-18-13(11)7-12-10-4-2-1-3-9(10)5-6-16(12)14/h1-4,8,12H,5-7H2/t12-/m1/s1. The first-order valence-corrected chi connectivity index (χ1v) is 6.17. The smallest absolute Gasteiger partial charge is 0.259 e. The van der Waals surface area contributed by atoms with Crippen LogP contribution in [0.4, 0.5) is 0 Å². The average Bonchev–Trinajstić information content (AvgIpc) is 2.87. The average molecular weight is 240 g/mol. The lowest BCUT2D eigenvalue weighted by molar-refractivity contribution is 0.0617. The van der Waals surface area contributed by atoms with Crippen LogP contribution in [0.2, 0.25) is 0 Å². The Morgan fingerprint density at radius 2 is 2.22 bits per heavy atom. The van der Waals surface area contributed by atoms with E-state index in [1.807, 2.05) is 11.0 Å². The fourth-order valence-electron chi connectivity index (χ4n) is 3.03. The molecule has 0 unspecified atom stereocenters. The summed E-state index contributed by atoms with van der Waals surface area (Å²) in [5.74, 6) is 0.773. The van der Waals surface area contributed by atoms with E-state index in [1.165, 1.54) is 17.3 Å². The minimum absolute atomic E-state index is 0.0528.